The zero-order valence-corrected chi connectivity index (χ0v) is 8.92. The van der Waals surface area contributed by atoms with Crippen LogP contribution < -0.4 is 0 Å². The van der Waals surface area contributed by atoms with Crippen LogP contribution in [-0.4, -0.2) is 11.5 Å². The first-order valence-electron chi connectivity index (χ1n) is 3.86. The third-order valence-corrected chi connectivity index (χ3v) is 4.20. The normalized spacial score (nSPS) is 15.2. The van der Waals surface area contributed by atoms with Crippen LogP contribution in [0, 0.1) is 0 Å². The first-order valence-corrected chi connectivity index (χ1v) is 6.86. The van der Waals surface area contributed by atoms with Crippen molar-refractivity contribution in [1.29, 1.82) is 0 Å². The molecule has 72 valence electrons. The maximum absolute atomic E-state index is 11.3. The number of benzene rings is 1. The van der Waals surface area contributed by atoms with Crippen molar-refractivity contribution < 1.29 is 14.0 Å². The van der Waals surface area contributed by atoms with E-state index in [1.807, 2.05) is 18.2 Å². The molecular weight excluding hydrogens is 207 g/mol. The van der Waals surface area contributed by atoms with Crippen LogP contribution in [0.1, 0.15) is 6.92 Å². The van der Waals surface area contributed by atoms with Gasteiger partial charge in [-0.05, 0) is 30.4 Å². The molecule has 0 heterocycles. The van der Waals surface area contributed by atoms with Gasteiger partial charge >= 0.3 is 6.80 Å². The lowest BCUT2D eigenvalue weighted by molar-refractivity contribution is 0.291. The van der Waals surface area contributed by atoms with Gasteiger partial charge in [-0.3, -0.25) is 0 Å². The zero-order valence-electron chi connectivity index (χ0n) is 7.21. The van der Waals surface area contributed by atoms with Gasteiger partial charge in [-0.15, -0.1) is 0 Å². The summed E-state index contributed by atoms with van der Waals surface area (Å²) >= 11 is 0.859. The van der Waals surface area contributed by atoms with Crippen LogP contribution in [0.25, 0.3) is 0 Å². The molecule has 0 amide bonds. The lowest BCUT2D eigenvalue weighted by atomic mass is 10.4. The molecule has 0 spiro atoms. The van der Waals surface area contributed by atoms with Gasteiger partial charge in [0, 0.05) is 4.90 Å². The maximum Gasteiger partial charge on any atom is 0.391 e. The Morgan fingerprint density at radius 3 is 2.62 bits per heavy atom. The molecule has 3 nitrogen and oxygen atoms in total. The molecule has 0 radical (unpaired) electrons. The Hall–Kier alpha value is -0.280. The van der Waals surface area contributed by atoms with Crippen molar-refractivity contribution in [3.05, 3.63) is 30.3 Å². The van der Waals surface area contributed by atoms with Gasteiger partial charge in [0.1, 0.15) is 0 Å². The van der Waals surface area contributed by atoms with E-state index in [9.17, 15) is 9.46 Å². The lowest BCUT2D eigenvalue weighted by Gasteiger charge is -2.08. The predicted molar refractivity (Wildman–Crippen MR) is 53.8 cm³/mol. The predicted octanol–water partition coefficient (Wildman–Crippen LogP) is 2.92. The highest BCUT2D eigenvalue weighted by Crippen LogP contribution is 2.58. The van der Waals surface area contributed by atoms with Gasteiger partial charge in [0.2, 0.25) is 0 Å². The third kappa shape index (κ3) is 3.96. The van der Waals surface area contributed by atoms with Crippen molar-refractivity contribution in [2.24, 2.45) is 0 Å². The molecule has 1 aromatic rings. The van der Waals surface area contributed by atoms with Gasteiger partial charge in [0.25, 0.3) is 0 Å². The van der Waals surface area contributed by atoms with Gasteiger partial charge in [0.15, 0.2) is 0 Å². The Kier molecular flexibility index (Phi) is 4.00. The van der Waals surface area contributed by atoms with Crippen molar-refractivity contribution in [3.8, 4) is 0 Å². The summed E-state index contributed by atoms with van der Waals surface area (Å²) in [6.45, 7) is -1.57. The summed E-state index contributed by atoms with van der Waals surface area (Å²) in [6, 6.07) is 9.02. The Balaban J connectivity index is 2.64. The molecular formula is C8H11O3PS. The standard InChI is InChI=1S/C8H11O3PS/c1-2-11-12(9,10)13-8-6-4-3-5-7-8/h3-7H,2H2,1H3,(H,9,10). The quantitative estimate of drug-likeness (QED) is 0.789. The largest absolute Gasteiger partial charge is 0.391 e. The second-order valence-electron chi connectivity index (χ2n) is 2.29. The summed E-state index contributed by atoms with van der Waals surface area (Å²) in [5.41, 5.74) is 0. The van der Waals surface area contributed by atoms with Crippen molar-refractivity contribution in [2.75, 3.05) is 6.61 Å². The summed E-state index contributed by atoms with van der Waals surface area (Å²) < 4.78 is 16.0. The molecule has 0 saturated heterocycles. The van der Waals surface area contributed by atoms with Gasteiger partial charge in [-0.2, -0.15) is 0 Å². The van der Waals surface area contributed by atoms with Crippen LogP contribution in [0.5, 0.6) is 0 Å². The monoisotopic (exact) mass is 218 g/mol. The summed E-state index contributed by atoms with van der Waals surface area (Å²) in [5.74, 6) is 0. The number of hydrogen-bond acceptors (Lipinski definition) is 3. The average molecular weight is 218 g/mol. The van der Waals surface area contributed by atoms with Crippen LogP contribution in [0.15, 0.2) is 35.2 Å². The van der Waals surface area contributed by atoms with E-state index >= 15 is 0 Å². The molecule has 0 fully saturated rings. The van der Waals surface area contributed by atoms with Crippen molar-refractivity contribution >= 4 is 18.2 Å². The molecule has 1 rings (SSSR count). The fraction of sp³-hybridized carbons (Fsp3) is 0.250. The van der Waals surface area contributed by atoms with Crippen LogP contribution in [0.2, 0.25) is 0 Å². The van der Waals surface area contributed by atoms with Crippen molar-refractivity contribution in [2.45, 2.75) is 11.8 Å². The second-order valence-corrected chi connectivity index (χ2v) is 6.07. The minimum atomic E-state index is -3.50. The maximum atomic E-state index is 11.3. The Morgan fingerprint density at radius 2 is 2.08 bits per heavy atom. The first kappa shape index (κ1) is 10.8. The van der Waals surface area contributed by atoms with E-state index in [4.69, 9.17) is 4.52 Å². The average Bonchev–Trinajstić information content (AvgIpc) is 2.04. The third-order valence-electron chi connectivity index (χ3n) is 1.26. The molecule has 0 bridgehead atoms. The molecule has 5 heteroatoms. The highest BCUT2D eigenvalue weighted by Gasteiger charge is 2.19. The molecule has 1 atom stereocenters. The molecule has 1 aromatic carbocycles. The Morgan fingerprint density at radius 1 is 1.46 bits per heavy atom. The molecule has 1 unspecified atom stereocenters. The minimum Gasteiger partial charge on any atom is -0.316 e. The first-order chi connectivity index (χ1) is 6.14. The molecule has 0 saturated carbocycles. The summed E-state index contributed by atoms with van der Waals surface area (Å²) in [7, 11) is 0. The van der Waals surface area contributed by atoms with Crippen LogP contribution >= 0.6 is 18.2 Å². The summed E-state index contributed by atoms with van der Waals surface area (Å²) in [6.07, 6.45) is 0. The molecule has 1 N–H and O–H groups in total. The lowest BCUT2D eigenvalue weighted by Crippen LogP contribution is -1.83. The van der Waals surface area contributed by atoms with Gasteiger partial charge in [0.05, 0.1) is 6.61 Å². The highest BCUT2D eigenvalue weighted by molar-refractivity contribution is 8.54. The smallest absolute Gasteiger partial charge is 0.316 e. The highest BCUT2D eigenvalue weighted by atomic mass is 32.7. The topological polar surface area (TPSA) is 46.5 Å². The summed E-state index contributed by atoms with van der Waals surface area (Å²) in [5, 5.41) is 0. The Labute approximate surface area is 81.4 Å². The van der Waals surface area contributed by atoms with E-state index in [1.54, 1.807) is 19.1 Å². The van der Waals surface area contributed by atoms with E-state index in [0.717, 1.165) is 16.3 Å². The number of rotatable bonds is 4. The van der Waals surface area contributed by atoms with E-state index < -0.39 is 6.80 Å². The molecule has 13 heavy (non-hydrogen) atoms. The molecule has 0 aliphatic rings. The fourth-order valence-electron chi connectivity index (χ4n) is 0.804. The summed E-state index contributed by atoms with van der Waals surface area (Å²) in [4.78, 5) is 10.0. The molecule has 0 aliphatic heterocycles. The van der Waals surface area contributed by atoms with E-state index in [-0.39, 0.29) is 6.61 Å². The second kappa shape index (κ2) is 4.82. The van der Waals surface area contributed by atoms with Crippen molar-refractivity contribution in [3.63, 3.8) is 0 Å². The Bertz CT molecular complexity index is 302. The van der Waals surface area contributed by atoms with E-state index in [2.05, 4.69) is 0 Å². The molecule has 0 aliphatic carbocycles. The van der Waals surface area contributed by atoms with E-state index in [0.29, 0.717) is 0 Å². The molecule has 0 aromatic heterocycles. The fourth-order valence-corrected chi connectivity index (χ4v) is 3.37. The van der Waals surface area contributed by atoms with E-state index in [1.165, 1.54) is 0 Å². The van der Waals surface area contributed by atoms with Crippen LogP contribution in [-0.2, 0) is 9.09 Å². The minimum absolute atomic E-state index is 0.244. The van der Waals surface area contributed by atoms with Crippen molar-refractivity contribution in [1.82, 2.24) is 0 Å². The van der Waals surface area contributed by atoms with Crippen LogP contribution in [0.4, 0.5) is 0 Å². The van der Waals surface area contributed by atoms with Gasteiger partial charge < -0.3 is 9.42 Å². The number of hydrogen-bond donors (Lipinski definition) is 1. The van der Waals surface area contributed by atoms with Gasteiger partial charge in [-0.25, -0.2) is 4.57 Å². The van der Waals surface area contributed by atoms with Crippen LogP contribution in [0.3, 0.4) is 0 Å². The zero-order chi connectivity index (χ0) is 9.73. The van der Waals surface area contributed by atoms with Gasteiger partial charge in [-0.1, -0.05) is 18.2 Å². The SMILES string of the molecule is CCOP(=O)(O)Sc1ccccc1.